The van der Waals surface area contributed by atoms with Gasteiger partial charge in [-0.3, -0.25) is 4.79 Å². The summed E-state index contributed by atoms with van der Waals surface area (Å²) >= 11 is 6.11. The molecule has 0 heterocycles. The largest absolute Gasteiger partial charge is 0.487 e. The molecule has 3 heteroatoms. The molecule has 126 valence electrons. The van der Waals surface area contributed by atoms with E-state index in [0.717, 1.165) is 29.5 Å². The fraction of sp³-hybridized carbons (Fsp3) is 0.381. The summed E-state index contributed by atoms with van der Waals surface area (Å²) in [5.74, 6) is 1.20. The highest BCUT2D eigenvalue weighted by Crippen LogP contribution is 2.28. The molecule has 24 heavy (non-hydrogen) atoms. The van der Waals surface area contributed by atoms with Crippen LogP contribution in [-0.4, -0.2) is 5.78 Å². The third-order valence-electron chi connectivity index (χ3n) is 4.82. The summed E-state index contributed by atoms with van der Waals surface area (Å²) in [5.41, 5.74) is 3.00. The van der Waals surface area contributed by atoms with E-state index in [1.54, 1.807) is 0 Å². The van der Waals surface area contributed by atoms with Crippen LogP contribution < -0.4 is 4.74 Å². The predicted octanol–water partition coefficient (Wildman–Crippen LogP) is 5.99. The van der Waals surface area contributed by atoms with Crippen LogP contribution in [0.1, 0.15) is 53.6 Å². The number of Topliss-reactive ketones (excluding diaryl/α,β-unsaturated/α-hetero) is 1. The van der Waals surface area contributed by atoms with Crippen LogP contribution in [0, 0.1) is 12.8 Å². The molecule has 0 aromatic heterocycles. The van der Waals surface area contributed by atoms with Crippen LogP contribution in [0.4, 0.5) is 0 Å². The van der Waals surface area contributed by atoms with Crippen molar-refractivity contribution in [3.05, 3.63) is 64.2 Å². The molecule has 2 aromatic carbocycles. The lowest BCUT2D eigenvalue weighted by Gasteiger charge is -2.20. The third kappa shape index (κ3) is 3.99. The Morgan fingerprint density at radius 3 is 2.58 bits per heavy atom. The van der Waals surface area contributed by atoms with Gasteiger partial charge in [-0.15, -0.1) is 0 Å². The number of carbonyl (C=O) groups excluding carboxylic acids is 1. The van der Waals surface area contributed by atoms with E-state index in [9.17, 15) is 4.79 Å². The molecule has 0 spiro atoms. The van der Waals surface area contributed by atoms with Gasteiger partial charge in [0.2, 0.25) is 0 Å². The number of ether oxygens (including phenoxy) is 1. The molecule has 0 radical (unpaired) electrons. The monoisotopic (exact) mass is 342 g/mol. The van der Waals surface area contributed by atoms with Gasteiger partial charge in [-0.2, -0.15) is 0 Å². The number of halogens is 1. The lowest BCUT2D eigenvalue weighted by atomic mass is 9.83. The summed E-state index contributed by atoms with van der Waals surface area (Å²) in [4.78, 5) is 12.6. The molecule has 1 saturated carbocycles. The Morgan fingerprint density at radius 1 is 1.12 bits per heavy atom. The minimum absolute atomic E-state index is 0.211. The summed E-state index contributed by atoms with van der Waals surface area (Å²) in [6.07, 6.45) is 5.70. The minimum Gasteiger partial charge on any atom is -0.487 e. The highest BCUT2D eigenvalue weighted by atomic mass is 35.5. The second-order valence-electron chi connectivity index (χ2n) is 6.56. The van der Waals surface area contributed by atoms with Crippen LogP contribution in [0.2, 0.25) is 5.02 Å². The van der Waals surface area contributed by atoms with Gasteiger partial charge in [-0.05, 0) is 49.1 Å². The molecule has 2 nitrogen and oxygen atoms in total. The molecule has 1 aliphatic rings. The summed E-state index contributed by atoms with van der Waals surface area (Å²) in [5, 5.41) is 0.610. The van der Waals surface area contributed by atoms with E-state index in [4.69, 9.17) is 16.3 Å². The first kappa shape index (κ1) is 17.0. The van der Waals surface area contributed by atoms with Crippen molar-refractivity contribution in [2.45, 2.75) is 45.6 Å². The molecule has 0 aliphatic heterocycles. The van der Waals surface area contributed by atoms with Gasteiger partial charge in [-0.1, -0.05) is 55.1 Å². The van der Waals surface area contributed by atoms with Crippen LogP contribution in [0.15, 0.2) is 42.5 Å². The molecule has 0 unspecified atom stereocenters. The van der Waals surface area contributed by atoms with Gasteiger partial charge in [0.15, 0.2) is 5.78 Å². The molecular formula is C21H23ClO2. The van der Waals surface area contributed by atoms with Crippen molar-refractivity contribution in [1.82, 2.24) is 0 Å². The SMILES string of the molecule is Cc1cc(C(=O)C2CCCCC2)ccc1COc1ccccc1Cl. The Bertz CT molecular complexity index is 718. The fourth-order valence-electron chi connectivity index (χ4n) is 3.33. The molecule has 0 amide bonds. The van der Waals surface area contributed by atoms with Crippen molar-refractivity contribution in [1.29, 1.82) is 0 Å². The average molecular weight is 343 g/mol. The Labute approximate surface area is 148 Å². The van der Waals surface area contributed by atoms with Crippen molar-refractivity contribution in [2.75, 3.05) is 0 Å². The molecule has 1 aliphatic carbocycles. The van der Waals surface area contributed by atoms with Gasteiger partial charge in [0.05, 0.1) is 5.02 Å². The average Bonchev–Trinajstić information content (AvgIpc) is 2.62. The first-order valence-corrected chi connectivity index (χ1v) is 9.04. The van der Waals surface area contributed by atoms with Crippen molar-refractivity contribution in [3.8, 4) is 5.75 Å². The van der Waals surface area contributed by atoms with E-state index in [1.165, 1.54) is 19.3 Å². The Morgan fingerprint density at radius 2 is 1.88 bits per heavy atom. The zero-order valence-electron chi connectivity index (χ0n) is 14.1. The van der Waals surface area contributed by atoms with Crippen LogP contribution in [0.3, 0.4) is 0 Å². The molecule has 3 rings (SSSR count). The number of benzene rings is 2. The highest BCUT2D eigenvalue weighted by Gasteiger charge is 2.22. The molecular weight excluding hydrogens is 320 g/mol. The Hall–Kier alpha value is -1.80. The van der Waals surface area contributed by atoms with Crippen molar-refractivity contribution >= 4 is 17.4 Å². The van der Waals surface area contributed by atoms with E-state index < -0.39 is 0 Å². The number of para-hydroxylation sites is 1. The number of aryl methyl sites for hydroxylation is 1. The standard InChI is InChI=1S/C21H23ClO2/c1-15-13-17(21(23)16-7-3-2-4-8-16)11-12-18(15)14-24-20-10-6-5-9-19(20)22/h5-6,9-13,16H,2-4,7-8,14H2,1H3. The number of rotatable bonds is 5. The zero-order chi connectivity index (χ0) is 16.9. The van der Waals surface area contributed by atoms with Gasteiger partial charge >= 0.3 is 0 Å². The number of carbonyl (C=O) groups is 1. The van der Waals surface area contributed by atoms with Gasteiger partial charge in [0.25, 0.3) is 0 Å². The Kier molecular flexibility index (Phi) is 5.57. The summed E-state index contributed by atoms with van der Waals surface area (Å²) in [6, 6.07) is 13.4. The van der Waals surface area contributed by atoms with Crippen LogP contribution >= 0.6 is 11.6 Å². The first-order chi connectivity index (χ1) is 11.6. The maximum atomic E-state index is 12.6. The maximum Gasteiger partial charge on any atom is 0.165 e. The lowest BCUT2D eigenvalue weighted by Crippen LogP contribution is -2.18. The number of hydrogen-bond acceptors (Lipinski definition) is 2. The summed E-state index contributed by atoms with van der Waals surface area (Å²) in [7, 11) is 0. The maximum absolute atomic E-state index is 12.6. The van der Waals surface area contributed by atoms with Gasteiger partial charge in [-0.25, -0.2) is 0 Å². The number of ketones is 1. The smallest absolute Gasteiger partial charge is 0.165 e. The molecule has 0 N–H and O–H groups in total. The van der Waals surface area contributed by atoms with Crippen LogP contribution in [0.25, 0.3) is 0 Å². The summed E-state index contributed by atoms with van der Waals surface area (Å²) < 4.78 is 5.80. The minimum atomic E-state index is 0.211. The quantitative estimate of drug-likeness (QED) is 0.624. The predicted molar refractivity (Wildman–Crippen MR) is 97.9 cm³/mol. The van der Waals surface area contributed by atoms with E-state index in [2.05, 4.69) is 0 Å². The van der Waals surface area contributed by atoms with Crippen molar-refractivity contribution < 1.29 is 9.53 Å². The number of hydrogen-bond donors (Lipinski definition) is 0. The molecule has 0 saturated heterocycles. The van der Waals surface area contributed by atoms with Crippen LogP contribution in [0.5, 0.6) is 5.75 Å². The summed E-state index contributed by atoms with van der Waals surface area (Å²) in [6.45, 7) is 2.48. The topological polar surface area (TPSA) is 26.3 Å². The van der Waals surface area contributed by atoms with Gasteiger partial charge < -0.3 is 4.74 Å². The first-order valence-electron chi connectivity index (χ1n) is 8.66. The normalized spacial score (nSPS) is 15.2. The molecule has 1 fully saturated rings. The van der Waals surface area contributed by atoms with Gasteiger partial charge in [0, 0.05) is 11.5 Å². The second-order valence-corrected chi connectivity index (χ2v) is 6.97. The molecule has 2 aromatic rings. The molecule has 0 bridgehead atoms. The van der Waals surface area contributed by atoms with Crippen molar-refractivity contribution in [2.24, 2.45) is 5.92 Å². The van der Waals surface area contributed by atoms with Crippen LogP contribution in [-0.2, 0) is 6.61 Å². The third-order valence-corrected chi connectivity index (χ3v) is 5.14. The second kappa shape index (κ2) is 7.85. The fourth-order valence-corrected chi connectivity index (χ4v) is 3.52. The van der Waals surface area contributed by atoms with Gasteiger partial charge in [0.1, 0.15) is 12.4 Å². The zero-order valence-corrected chi connectivity index (χ0v) is 14.8. The van der Waals surface area contributed by atoms with E-state index >= 15 is 0 Å². The Balaban J connectivity index is 1.68. The molecule has 0 atom stereocenters. The van der Waals surface area contributed by atoms with Crippen molar-refractivity contribution in [3.63, 3.8) is 0 Å². The van der Waals surface area contributed by atoms with E-state index in [1.807, 2.05) is 49.4 Å². The van der Waals surface area contributed by atoms with E-state index in [0.29, 0.717) is 23.2 Å². The van der Waals surface area contributed by atoms with E-state index in [-0.39, 0.29) is 5.92 Å². The lowest BCUT2D eigenvalue weighted by molar-refractivity contribution is 0.0889. The highest BCUT2D eigenvalue weighted by molar-refractivity contribution is 6.32.